The lowest BCUT2D eigenvalue weighted by atomic mass is 10.0. The Balaban J connectivity index is 3.85. The zero-order valence-electron chi connectivity index (χ0n) is 35.6. The number of unbranched alkanes of at least 4 members (excludes halogenated alkanes) is 30. The largest absolute Gasteiger partial charge is 0.387 e. The highest BCUT2D eigenvalue weighted by molar-refractivity contribution is 7.85. The zero-order chi connectivity index (χ0) is 39.6. The second-order valence-corrected chi connectivity index (χ2v) is 17.5. The Morgan fingerprint density at radius 2 is 0.796 bits per heavy atom. The molecule has 0 aliphatic carbocycles. The van der Waals surface area contributed by atoms with Crippen LogP contribution in [0.15, 0.2) is 36.5 Å². The van der Waals surface area contributed by atoms with Gasteiger partial charge in [-0.05, 0) is 57.8 Å². The van der Waals surface area contributed by atoms with E-state index in [-0.39, 0.29) is 12.3 Å². The minimum Gasteiger partial charge on any atom is -0.387 e. The lowest BCUT2D eigenvalue weighted by molar-refractivity contribution is -0.122. The summed E-state index contributed by atoms with van der Waals surface area (Å²) >= 11 is 0. The van der Waals surface area contributed by atoms with E-state index in [0.717, 1.165) is 38.5 Å². The van der Waals surface area contributed by atoms with Crippen molar-refractivity contribution in [3.05, 3.63) is 36.5 Å². The number of carbonyl (C=O) groups is 1. The van der Waals surface area contributed by atoms with Crippen molar-refractivity contribution in [3.8, 4) is 0 Å². The van der Waals surface area contributed by atoms with E-state index >= 15 is 0 Å². The lowest BCUT2D eigenvalue weighted by Crippen LogP contribution is -2.46. The Morgan fingerprint density at radius 1 is 0.481 bits per heavy atom. The summed E-state index contributed by atoms with van der Waals surface area (Å²) in [6.07, 6.45) is 54.3. The number of hydrogen-bond acceptors (Lipinski definition) is 4. The van der Waals surface area contributed by atoms with Crippen LogP contribution in [0.2, 0.25) is 0 Å². The molecule has 0 aromatic rings. The number of aliphatic hydroxyl groups is 1. The van der Waals surface area contributed by atoms with Crippen molar-refractivity contribution in [2.24, 2.45) is 0 Å². The molecular formula is C47H89NO5S. The predicted molar refractivity (Wildman–Crippen MR) is 235 cm³/mol. The second kappa shape index (κ2) is 41.2. The van der Waals surface area contributed by atoms with Gasteiger partial charge in [0.15, 0.2) is 0 Å². The normalized spacial score (nSPS) is 13.5. The third kappa shape index (κ3) is 41.7. The van der Waals surface area contributed by atoms with Crippen molar-refractivity contribution in [2.75, 3.05) is 5.75 Å². The number of rotatable bonds is 42. The van der Waals surface area contributed by atoms with E-state index in [0.29, 0.717) is 0 Å². The fraction of sp³-hybridized carbons (Fsp3) is 0.851. The molecule has 2 unspecified atom stereocenters. The van der Waals surface area contributed by atoms with Crippen LogP contribution in [-0.2, 0) is 14.9 Å². The number of amides is 1. The molecule has 2 atom stereocenters. The maximum Gasteiger partial charge on any atom is 0.267 e. The summed E-state index contributed by atoms with van der Waals surface area (Å²) in [6.45, 7) is 4.53. The molecule has 0 saturated heterocycles. The van der Waals surface area contributed by atoms with Crippen molar-refractivity contribution in [1.82, 2.24) is 5.32 Å². The minimum absolute atomic E-state index is 0.287. The minimum atomic E-state index is -4.35. The molecule has 7 heteroatoms. The molecule has 0 aliphatic heterocycles. The quantitative estimate of drug-likeness (QED) is 0.0325. The van der Waals surface area contributed by atoms with Crippen molar-refractivity contribution in [2.45, 2.75) is 251 Å². The Morgan fingerprint density at radius 3 is 1.17 bits per heavy atom. The highest BCUT2D eigenvalue weighted by Crippen LogP contribution is 2.15. The highest BCUT2D eigenvalue weighted by atomic mass is 32.2. The number of carbonyl (C=O) groups excluding carboxylic acids is 1. The monoisotopic (exact) mass is 780 g/mol. The van der Waals surface area contributed by atoms with Gasteiger partial charge in [0.05, 0.1) is 17.9 Å². The first kappa shape index (κ1) is 52.6. The third-order valence-electron chi connectivity index (χ3n) is 10.5. The van der Waals surface area contributed by atoms with Crippen LogP contribution >= 0.6 is 0 Å². The van der Waals surface area contributed by atoms with Gasteiger partial charge in [-0.15, -0.1) is 0 Å². The summed E-state index contributed by atoms with van der Waals surface area (Å²) < 4.78 is 32.6. The molecule has 0 aliphatic rings. The Bertz CT molecular complexity index is 992. The first-order valence-electron chi connectivity index (χ1n) is 23.2. The fourth-order valence-electron chi connectivity index (χ4n) is 7.05. The van der Waals surface area contributed by atoms with E-state index in [9.17, 15) is 22.9 Å². The van der Waals surface area contributed by atoms with Crippen LogP contribution in [0.4, 0.5) is 0 Å². The molecule has 0 aromatic heterocycles. The number of nitrogens with one attached hydrogen (secondary N) is 1. The van der Waals surface area contributed by atoms with Crippen molar-refractivity contribution >= 4 is 16.0 Å². The summed E-state index contributed by atoms with van der Waals surface area (Å²) in [4.78, 5) is 12.5. The lowest BCUT2D eigenvalue weighted by Gasteiger charge is -2.21. The third-order valence-corrected chi connectivity index (χ3v) is 11.3. The summed E-state index contributed by atoms with van der Waals surface area (Å²) in [5.41, 5.74) is 0. The van der Waals surface area contributed by atoms with Gasteiger partial charge in [0.1, 0.15) is 0 Å². The molecule has 0 radical (unpaired) electrons. The van der Waals surface area contributed by atoms with E-state index in [1.807, 2.05) is 6.08 Å². The van der Waals surface area contributed by atoms with Gasteiger partial charge in [-0.2, -0.15) is 8.42 Å². The summed E-state index contributed by atoms with van der Waals surface area (Å²) in [5.74, 6) is -0.996. The first-order chi connectivity index (χ1) is 26.3. The fourth-order valence-corrected chi connectivity index (χ4v) is 7.78. The standard InChI is InChI=1S/C47H89NO5S/c1-3-5-7-9-11-13-15-17-19-21-22-23-24-25-26-27-29-31-33-35-37-39-41-43-47(50)48-45(44-54(51,52)53)46(49)42-40-38-36-34-32-30-28-20-18-16-14-12-10-8-6-4-2/h21-22,32,34,40,42,45-46,49H,3-20,23-31,33,35-39,41,43-44H2,1-2H3,(H,48,50)(H,51,52,53)/b22-21-,34-32+,42-40+. The van der Waals surface area contributed by atoms with Crippen LogP contribution in [0.25, 0.3) is 0 Å². The Hall–Kier alpha value is -1.44. The predicted octanol–water partition coefficient (Wildman–Crippen LogP) is 14.1. The smallest absolute Gasteiger partial charge is 0.267 e. The van der Waals surface area contributed by atoms with Crippen molar-refractivity contribution in [1.29, 1.82) is 0 Å². The number of hydrogen-bond donors (Lipinski definition) is 3. The molecule has 0 rings (SSSR count). The molecule has 0 spiro atoms. The molecule has 3 N–H and O–H groups in total. The van der Waals surface area contributed by atoms with Gasteiger partial charge in [-0.25, -0.2) is 0 Å². The summed E-state index contributed by atoms with van der Waals surface area (Å²) in [6, 6.07) is -1.07. The maximum atomic E-state index is 12.5. The van der Waals surface area contributed by atoms with Gasteiger partial charge in [0.25, 0.3) is 10.1 Å². The van der Waals surface area contributed by atoms with Crippen LogP contribution in [0.1, 0.15) is 239 Å². The second-order valence-electron chi connectivity index (χ2n) is 16.0. The van der Waals surface area contributed by atoms with E-state index in [4.69, 9.17) is 0 Å². The van der Waals surface area contributed by atoms with E-state index in [1.54, 1.807) is 0 Å². The molecule has 318 valence electrons. The van der Waals surface area contributed by atoms with E-state index in [1.165, 1.54) is 186 Å². The zero-order valence-corrected chi connectivity index (χ0v) is 36.4. The van der Waals surface area contributed by atoms with Crippen LogP contribution in [0, 0.1) is 0 Å². The average molecular weight is 780 g/mol. The first-order valence-corrected chi connectivity index (χ1v) is 24.8. The summed E-state index contributed by atoms with van der Waals surface area (Å²) in [5, 5.41) is 13.2. The van der Waals surface area contributed by atoms with Crippen LogP contribution in [0.3, 0.4) is 0 Å². The topological polar surface area (TPSA) is 104 Å². The molecule has 1 amide bonds. The molecule has 0 aromatic carbocycles. The van der Waals surface area contributed by atoms with Gasteiger partial charge in [0.2, 0.25) is 5.91 Å². The summed E-state index contributed by atoms with van der Waals surface area (Å²) in [7, 11) is -4.35. The van der Waals surface area contributed by atoms with Gasteiger partial charge >= 0.3 is 0 Å². The van der Waals surface area contributed by atoms with Crippen LogP contribution in [-0.4, -0.2) is 41.9 Å². The Kier molecular flexibility index (Phi) is 40.1. The van der Waals surface area contributed by atoms with E-state index in [2.05, 4.69) is 43.5 Å². The van der Waals surface area contributed by atoms with Gasteiger partial charge in [-0.1, -0.05) is 211 Å². The van der Waals surface area contributed by atoms with Gasteiger partial charge in [0, 0.05) is 6.42 Å². The van der Waals surface area contributed by atoms with Crippen molar-refractivity contribution < 1.29 is 22.9 Å². The Labute approximate surface area is 336 Å². The molecule has 6 nitrogen and oxygen atoms in total. The number of allylic oxidation sites excluding steroid dienone is 5. The molecule has 0 heterocycles. The maximum absolute atomic E-state index is 12.5. The molecule has 0 fully saturated rings. The average Bonchev–Trinajstić information content (AvgIpc) is 3.14. The number of aliphatic hydroxyl groups excluding tert-OH is 1. The van der Waals surface area contributed by atoms with Crippen molar-refractivity contribution in [3.63, 3.8) is 0 Å². The van der Waals surface area contributed by atoms with Crippen LogP contribution < -0.4 is 5.32 Å². The molecular weight excluding hydrogens is 691 g/mol. The van der Waals surface area contributed by atoms with Crippen LogP contribution in [0.5, 0.6) is 0 Å². The van der Waals surface area contributed by atoms with E-state index < -0.39 is 28.0 Å². The highest BCUT2D eigenvalue weighted by Gasteiger charge is 2.24. The molecule has 0 saturated carbocycles. The van der Waals surface area contributed by atoms with Gasteiger partial charge in [-0.3, -0.25) is 9.35 Å². The SMILES string of the molecule is CCCCCCCCCC/C=C\CCCCCCCCCCCCCC(=O)NC(CS(=O)(=O)O)C(O)/C=C/CC/C=C/CCCCCCCCCCCC. The van der Waals surface area contributed by atoms with Gasteiger partial charge < -0.3 is 10.4 Å². The molecule has 0 bridgehead atoms. The molecule has 54 heavy (non-hydrogen) atoms.